The number of likely N-dealkylation sites (tertiary alicyclic amines) is 1. The Morgan fingerprint density at radius 3 is 2.75 bits per heavy atom. The number of aromatic nitrogens is 1. The number of rotatable bonds is 3. The molecule has 3 rings (SSSR count). The summed E-state index contributed by atoms with van der Waals surface area (Å²) < 4.78 is 2.16. The number of nitro benzene ring substituents is 1. The smallest absolute Gasteiger partial charge is 0.271 e. The molecule has 1 aliphatic heterocycles. The van der Waals surface area contributed by atoms with Gasteiger partial charge in [-0.2, -0.15) is 0 Å². The van der Waals surface area contributed by atoms with Crippen LogP contribution in [0.4, 0.5) is 5.69 Å². The summed E-state index contributed by atoms with van der Waals surface area (Å²) >= 11 is 0. The fraction of sp³-hybridized carbons (Fsp3) is 0.467. The van der Waals surface area contributed by atoms with Gasteiger partial charge in [-0.25, -0.2) is 0 Å². The van der Waals surface area contributed by atoms with Crippen molar-refractivity contribution >= 4 is 16.6 Å². The second kappa shape index (κ2) is 5.25. The van der Waals surface area contributed by atoms with Gasteiger partial charge in [-0.1, -0.05) is 0 Å². The van der Waals surface area contributed by atoms with Crippen molar-refractivity contribution < 1.29 is 4.92 Å². The van der Waals surface area contributed by atoms with Crippen molar-refractivity contribution in [3.63, 3.8) is 0 Å². The number of benzene rings is 1. The van der Waals surface area contributed by atoms with Crippen molar-refractivity contribution in [2.75, 3.05) is 20.1 Å². The Morgan fingerprint density at radius 1 is 1.30 bits per heavy atom. The molecule has 0 atom stereocenters. The Morgan fingerprint density at radius 2 is 2.05 bits per heavy atom. The quantitative estimate of drug-likeness (QED) is 0.638. The molecule has 1 aromatic heterocycles. The van der Waals surface area contributed by atoms with Crippen LogP contribution in [0.1, 0.15) is 12.8 Å². The molecule has 5 nitrogen and oxygen atoms in total. The minimum absolute atomic E-state index is 0.167. The number of non-ortho nitro benzene ring substituents is 1. The van der Waals surface area contributed by atoms with E-state index >= 15 is 0 Å². The van der Waals surface area contributed by atoms with Crippen molar-refractivity contribution in [1.82, 2.24) is 9.47 Å². The zero-order valence-corrected chi connectivity index (χ0v) is 11.7. The first-order valence-corrected chi connectivity index (χ1v) is 7.05. The topological polar surface area (TPSA) is 51.3 Å². The van der Waals surface area contributed by atoms with Crippen LogP contribution in [-0.2, 0) is 6.54 Å². The van der Waals surface area contributed by atoms with Gasteiger partial charge in [-0.3, -0.25) is 10.1 Å². The third-order valence-corrected chi connectivity index (χ3v) is 4.26. The molecule has 0 aliphatic carbocycles. The lowest BCUT2D eigenvalue weighted by atomic mass is 9.97. The summed E-state index contributed by atoms with van der Waals surface area (Å²) in [6.45, 7) is 3.24. The van der Waals surface area contributed by atoms with E-state index < -0.39 is 0 Å². The van der Waals surface area contributed by atoms with Gasteiger partial charge in [0.2, 0.25) is 0 Å². The number of hydrogen-bond acceptors (Lipinski definition) is 3. The summed E-state index contributed by atoms with van der Waals surface area (Å²) in [6.07, 6.45) is 4.45. The molecule has 0 N–H and O–H groups in total. The van der Waals surface area contributed by atoms with Crippen LogP contribution in [0.5, 0.6) is 0 Å². The van der Waals surface area contributed by atoms with E-state index in [-0.39, 0.29) is 10.6 Å². The molecule has 106 valence electrons. The van der Waals surface area contributed by atoms with Gasteiger partial charge in [0, 0.05) is 30.3 Å². The van der Waals surface area contributed by atoms with E-state index in [1.165, 1.54) is 12.8 Å². The maximum absolute atomic E-state index is 10.9. The Labute approximate surface area is 117 Å². The van der Waals surface area contributed by atoms with Crippen molar-refractivity contribution in [2.45, 2.75) is 19.4 Å². The summed E-state index contributed by atoms with van der Waals surface area (Å²) in [6, 6.07) is 7.12. The lowest BCUT2D eigenvalue weighted by molar-refractivity contribution is -0.384. The van der Waals surface area contributed by atoms with E-state index in [1.807, 2.05) is 18.3 Å². The predicted octanol–water partition coefficient (Wildman–Crippen LogP) is 2.89. The van der Waals surface area contributed by atoms with Crippen molar-refractivity contribution in [3.05, 3.63) is 40.6 Å². The van der Waals surface area contributed by atoms with E-state index in [2.05, 4.69) is 16.5 Å². The molecule has 0 spiro atoms. The van der Waals surface area contributed by atoms with Crippen LogP contribution in [0.2, 0.25) is 0 Å². The highest BCUT2D eigenvalue weighted by molar-refractivity contribution is 5.82. The molecular weight excluding hydrogens is 254 g/mol. The third kappa shape index (κ3) is 2.54. The first-order valence-electron chi connectivity index (χ1n) is 7.05. The first-order chi connectivity index (χ1) is 9.63. The Hall–Kier alpha value is -1.88. The SMILES string of the molecule is CN1CCC(Cn2ccc3ccc([N+](=O)[O-])cc32)CC1. The average molecular weight is 273 g/mol. The molecule has 2 aromatic rings. The Kier molecular flexibility index (Phi) is 3.44. The zero-order valence-electron chi connectivity index (χ0n) is 11.7. The highest BCUT2D eigenvalue weighted by Gasteiger charge is 2.18. The van der Waals surface area contributed by atoms with Crippen molar-refractivity contribution in [2.24, 2.45) is 5.92 Å². The molecule has 0 unspecified atom stereocenters. The molecular formula is C15H19N3O2. The molecule has 1 saturated heterocycles. The lowest BCUT2D eigenvalue weighted by Gasteiger charge is -2.29. The second-order valence-electron chi connectivity index (χ2n) is 5.71. The van der Waals surface area contributed by atoms with E-state index in [4.69, 9.17) is 0 Å². The summed E-state index contributed by atoms with van der Waals surface area (Å²) in [5, 5.41) is 12.0. The van der Waals surface area contributed by atoms with E-state index in [1.54, 1.807) is 12.1 Å². The van der Waals surface area contributed by atoms with E-state index in [0.29, 0.717) is 5.92 Å². The maximum Gasteiger partial charge on any atom is 0.271 e. The Balaban J connectivity index is 1.84. The molecule has 1 aromatic carbocycles. The van der Waals surface area contributed by atoms with Gasteiger partial charge in [-0.15, -0.1) is 0 Å². The largest absolute Gasteiger partial charge is 0.347 e. The highest BCUT2D eigenvalue weighted by atomic mass is 16.6. The summed E-state index contributed by atoms with van der Waals surface area (Å²) in [5.41, 5.74) is 1.14. The van der Waals surface area contributed by atoms with Crippen LogP contribution in [0, 0.1) is 16.0 Å². The third-order valence-electron chi connectivity index (χ3n) is 4.26. The summed E-state index contributed by atoms with van der Waals surface area (Å²) in [5.74, 6) is 0.668. The van der Waals surface area contributed by atoms with Gasteiger partial charge in [-0.05, 0) is 51.0 Å². The van der Waals surface area contributed by atoms with Crippen LogP contribution in [0.3, 0.4) is 0 Å². The van der Waals surface area contributed by atoms with Crippen LogP contribution < -0.4 is 0 Å². The van der Waals surface area contributed by atoms with Gasteiger partial charge < -0.3 is 9.47 Å². The minimum atomic E-state index is -0.327. The van der Waals surface area contributed by atoms with Gasteiger partial charge in [0.25, 0.3) is 5.69 Å². The molecule has 0 radical (unpaired) electrons. The van der Waals surface area contributed by atoms with E-state index in [0.717, 1.165) is 30.5 Å². The molecule has 20 heavy (non-hydrogen) atoms. The molecule has 1 fully saturated rings. The Bertz CT molecular complexity index is 627. The first kappa shape index (κ1) is 13.1. The van der Waals surface area contributed by atoms with Crippen LogP contribution in [0.25, 0.3) is 10.9 Å². The minimum Gasteiger partial charge on any atom is -0.347 e. The number of nitro groups is 1. The van der Waals surface area contributed by atoms with Crippen LogP contribution in [0.15, 0.2) is 30.5 Å². The number of piperidine rings is 1. The molecule has 0 saturated carbocycles. The van der Waals surface area contributed by atoms with Gasteiger partial charge >= 0.3 is 0 Å². The molecule has 0 bridgehead atoms. The molecule has 1 aliphatic rings. The number of hydrogen-bond donors (Lipinski definition) is 0. The summed E-state index contributed by atoms with van der Waals surface area (Å²) in [7, 11) is 2.16. The van der Waals surface area contributed by atoms with Crippen molar-refractivity contribution in [3.8, 4) is 0 Å². The monoisotopic (exact) mass is 273 g/mol. The molecule has 2 heterocycles. The second-order valence-corrected chi connectivity index (χ2v) is 5.71. The van der Waals surface area contributed by atoms with Crippen LogP contribution >= 0.6 is 0 Å². The lowest BCUT2D eigenvalue weighted by Crippen LogP contribution is -2.31. The average Bonchev–Trinajstić information content (AvgIpc) is 2.84. The maximum atomic E-state index is 10.9. The van der Waals surface area contributed by atoms with Gasteiger partial charge in [0.15, 0.2) is 0 Å². The zero-order chi connectivity index (χ0) is 14.1. The molecule has 5 heteroatoms. The standard InChI is InChI=1S/C15H19N3O2/c1-16-7-4-12(5-8-16)11-17-9-6-13-2-3-14(18(19)20)10-15(13)17/h2-3,6,9-10,12H,4-5,7-8,11H2,1H3. The van der Waals surface area contributed by atoms with E-state index in [9.17, 15) is 10.1 Å². The fourth-order valence-electron chi connectivity index (χ4n) is 2.97. The fourth-order valence-corrected chi connectivity index (χ4v) is 2.97. The van der Waals surface area contributed by atoms with Gasteiger partial charge in [0.1, 0.15) is 0 Å². The summed E-state index contributed by atoms with van der Waals surface area (Å²) in [4.78, 5) is 12.9. The normalized spacial score (nSPS) is 17.6. The van der Waals surface area contributed by atoms with Crippen LogP contribution in [-0.4, -0.2) is 34.5 Å². The number of nitrogens with zero attached hydrogens (tertiary/aromatic N) is 3. The number of fused-ring (bicyclic) bond motifs is 1. The highest BCUT2D eigenvalue weighted by Crippen LogP contribution is 2.25. The van der Waals surface area contributed by atoms with Crippen molar-refractivity contribution in [1.29, 1.82) is 0 Å². The van der Waals surface area contributed by atoms with Gasteiger partial charge in [0.05, 0.1) is 10.4 Å². The predicted molar refractivity (Wildman–Crippen MR) is 78.8 cm³/mol. The molecule has 0 amide bonds.